The van der Waals surface area contributed by atoms with Crippen molar-refractivity contribution < 1.29 is 4.74 Å². The molecule has 9 heavy (non-hydrogen) atoms. The molecule has 0 radical (unpaired) electrons. The monoisotopic (exact) mass is 143 g/mol. The molecule has 1 aliphatic heterocycles. The Morgan fingerprint density at radius 3 is 3.22 bits per heavy atom. The molecule has 0 aromatic heterocycles. The summed E-state index contributed by atoms with van der Waals surface area (Å²) in [6.45, 7) is 1.58. The van der Waals surface area contributed by atoms with Crippen LogP contribution in [-0.4, -0.2) is 24.4 Å². The summed E-state index contributed by atoms with van der Waals surface area (Å²) < 4.78 is 5.27. The molecule has 1 atom stereocenters. The molecule has 0 unspecified atom stereocenters. The molecule has 1 saturated heterocycles. The molecule has 0 spiro atoms. The second-order valence-electron chi connectivity index (χ2n) is 2.07. The lowest BCUT2D eigenvalue weighted by molar-refractivity contribution is 0.118. The first-order chi connectivity index (χ1) is 4.43. The minimum absolute atomic E-state index is 0.320. The van der Waals surface area contributed by atoms with Gasteiger partial charge in [0.05, 0.1) is 17.8 Å². The first-order valence-corrected chi connectivity index (χ1v) is 3.49. The van der Waals surface area contributed by atoms with Crippen molar-refractivity contribution in [1.82, 2.24) is 0 Å². The van der Waals surface area contributed by atoms with E-state index < -0.39 is 0 Å². The fourth-order valence-corrected chi connectivity index (χ4v) is 1.00. The molecule has 1 aliphatic rings. The maximum atomic E-state index is 5.27. The SMILES string of the molecule is S=C=NC[C@H]1CCCO1. The zero-order chi connectivity index (χ0) is 6.53. The van der Waals surface area contributed by atoms with E-state index in [1.54, 1.807) is 0 Å². The summed E-state index contributed by atoms with van der Waals surface area (Å²) in [5.41, 5.74) is 0. The predicted molar refractivity (Wildman–Crippen MR) is 38.9 cm³/mol. The van der Waals surface area contributed by atoms with Gasteiger partial charge in [-0.1, -0.05) is 0 Å². The van der Waals surface area contributed by atoms with Crippen LogP contribution in [0.2, 0.25) is 0 Å². The van der Waals surface area contributed by atoms with Crippen LogP contribution in [0.25, 0.3) is 0 Å². The quantitative estimate of drug-likeness (QED) is 0.429. The Hall–Kier alpha value is -0.240. The van der Waals surface area contributed by atoms with Gasteiger partial charge in [-0.15, -0.1) is 0 Å². The Morgan fingerprint density at radius 2 is 2.67 bits per heavy atom. The second kappa shape index (κ2) is 3.72. The molecule has 0 aromatic carbocycles. The van der Waals surface area contributed by atoms with E-state index in [-0.39, 0.29) is 0 Å². The lowest BCUT2D eigenvalue weighted by atomic mass is 10.2. The number of aliphatic imine (C=N–C) groups is 1. The fourth-order valence-electron chi connectivity index (χ4n) is 0.927. The zero-order valence-corrected chi connectivity index (χ0v) is 5.99. The van der Waals surface area contributed by atoms with E-state index in [0.29, 0.717) is 12.6 Å². The summed E-state index contributed by atoms with van der Waals surface area (Å²) in [6.07, 6.45) is 2.61. The molecule has 1 fully saturated rings. The maximum absolute atomic E-state index is 5.27. The van der Waals surface area contributed by atoms with Gasteiger partial charge in [0.15, 0.2) is 0 Å². The van der Waals surface area contributed by atoms with Gasteiger partial charge in [-0.2, -0.15) is 0 Å². The van der Waals surface area contributed by atoms with Crippen LogP contribution in [0.3, 0.4) is 0 Å². The average molecular weight is 143 g/mol. The van der Waals surface area contributed by atoms with E-state index in [0.717, 1.165) is 19.4 Å². The topological polar surface area (TPSA) is 21.6 Å². The molecule has 0 aliphatic carbocycles. The highest BCUT2D eigenvalue weighted by Crippen LogP contribution is 2.11. The van der Waals surface area contributed by atoms with E-state index in [1.807, 2.05) is 0 Å². The molecular formula is C6H9NOS. The molecular weight excluding hydrogens is 134 g/mol. The molecule has 0 aromatic rings. The number of ether oxygens (including phenoxy) is 1. The summed E-state index contributed by atoms with van der Waals surface area (Å²) in [4.78, 5) is 3.79. The smallest absolute Gasteiger partial charge is 0.0779 e. The Labute approximate surface area is 59.9 Å². The van der Waals surface area contributed by atoms with E-state index >= 15 is 0 Å². The Bertz CT molecular complexity index is 125. The van der Waals surface area contributed by atoms with E-state index in [9.17, 15) is 0 Å². The van der Waals surface area contributed by atoms with Crippen LogP contribution in [0.15, 0.2) is 4.99 Å². The van der Waals surface area contributed by atoms with Crippen molar-refractivity contribution in [3.05, 3.63) is 0 Å². The van der Waals surface area contributed by atoms with Gasteiger partial charge in [-0.05, 0) is 25.1 Å². The Balaban J connectivity index is 2.18. The first kappa shape index (κ1) is 6.87. The summed E-state index contributed by atoms with van der Waals surface area (Å²) in [5.74, 6) is 0. The zero-order valence-electron chi connectivity index (χ0n) is 5.17. The highest BCUT2D eigenvalue weighted by molar-refractivity contribution is 7.78. The van der Waals surface area contributed by atoms with Crippen molar-refractivity contribution in [3.63, 3.8) is 0 Å². The van der Waals surface area contributed by atoms with Gasteiger partial charge in [-0.25, -0.2) is 4.99 Å². The van der Waals surface area contributed by atoms with Crippen molar-refractivity contribution in [2.45, 2.75) is 18.9 Å². The molecule has 0 saturated carbocycles. The van der Waals surface area contributed by atoms with Crippen molar-refractivity contribution in [3.8, 4) is 0 Å². The van der Waals surface area contributed by atoms with Crippen molar-refractivity contribution in [2.75, 3.05) is 13.2 Å². The maximum Gasteiger partial charge on any atom is 0.0779 e. The van der Waals surface area contributed by atoms with Gasteiger partial charge in [0.25, 0.3) is 0 Å². The van der Waals surface area contributed by atoms with Gasteiger partial charge >= 0.3 is 0 Å². The van der Waals surface area contributed by atoms with Gasteiger partial charge in [0, 0.05) is 6.61 Å². The Kier molecular flexibility index (Phi) is 2.84. The summed E-state index contributed by atoms with van der Waals surface area (Å²) in [7, 11) is 0. The third-order valence-corrected chi connectivity index (χ3v) is 1.51. The minimum Gasteiger partial charge on any atom is -0.376 e. The number of hydrogen-bond acceptors (Lipinski definition) is 3. The minimum atomic E-state index is 0.320. The molecule has 2 nitrogen and oxygen atoms in total. The van der Waals surface area contributed by atoms with Crippen LogP contribution >= 0.6 is 12.2 Å². The molecule has 0 amide bonds. The third-order valence-electron chi connectivity index (χ3n) is 1.38. The molecule has 1 heterocycles. The van der Waals surface area contributed by atoms with E-state index in [4.69, 9.17) is 4.74 Å². The molecule has 1 rings (SSSR count). The highest BCUT2D eigenvalue weighted by atomic mass is 32.1. The lowest BCUT2D eigenvalue weighted by Crippen LogP contribution is -2.08. The van der Waals surface area contributed by atoms with Crippen LogP contribution in [0.4, 0.5) is 0 Å². The van der Waals surface area contributed by atoms with Gasteiger partial charge in [0.1, 0.15) is 0 Å². The normalized spacial score (nSPS) is 25.6. The van der Waals surface area contributed by atoms with Crippen LogP contribution < -0.4 is 0 Å². The van der Waals surface area contributed by atoms with E-state index in [2.05, 4.69) is 22.4 Å². The average Bonchev–Trinajstić information content (AvgIpc) is 2.34. The van der Waals surface area contributed by atoms with Crippen LogP contribution in [0.1, 0.15) is 12.8 Å². The fraction of sp³-hybridized carbons (Fsp3) is 0.833. The van der Waals surface area contributed by atoms with Crippen molar-refractivity contribution in [2.24, 2.45) is 4.99 Å². The largest absolute Gasteiger partial charge is 0.376 e. The number of nitrogens with zero attached hydrogens (tertiary/aromatic N) is 1. The number of hydrogen-bond donors (Lipinski definition) is 0. The van der Waals surface area contributed by atoms with Crippen molar-refractivity contribution in [1.29, 1.82) is 0 Å². The van der Waals surface area contributed by atoms with Crippen LogP contribution in [0.5, 0.6) is 0 Å². The number of thiocarbonyl (C=S) groups is 1. The van der Waals surface area contributed by atoms with Crippen LogP contribution in [0, 0.1) is 0 Å². The predicted octanol–water partition coefficient (Wildman–Crippen LogP) is 1.27. The summed E-state index contributed by atoms with van der Waals surface area (Å²) >= 11 is 4.41. The lowest BCUT2D eigenvalue weighted by Gasteiger charge is -2.01. The summed E-state index contributed by atoms with van der Waals surface area (Å²) in [6, 6.07) is 0. The van der Waals surface area contributed by atoms with Crippen LogP contribution in [-0.2, 0) is 4.74 Å². The summed E-state index contributed by atoms with van der Waals surface area (Å²) in [5, 5.41) is 2.32. The highest BCUT2D eigenvalue weighted by Gasteiger charge is 2.13. The first-order valence-electron chi connectivity index (χ1n) is 3.08. The van der Waals surface area contributed by atoms with Gasteiger partial charge in [-0.3, -0.25) is 0 Å². The second-order valence-corrected chi connectivity index (χ2v) is 2.25. The third kappa shape index (κ3) is 2.22. The molecule has 50 valence electrons. The van der Waals surface area contributed by atoms with Gasteiger partial charge < -0.3 is 4.74 Å². The molecule has 3 heteroatoms. The van der Waals surface area contributed by atoms with Gasteiger partial charge in [0.2, 0.25) is 0 Å². The number of isothiocyanates is 1. The Morgan fingerprint density at radius 1 is 1.78 bits per heavy atom. The molecule has 0 bridgehead atoms. The van der Waals surface area contributed by atoms with E-state index in [1.165, 1.54) is 0 Å². The standard InChI is InChI=1S/C6H9NOS/c9-5-7-4-6-2-1-3-8-6/h6H,1-4H2/t6-/m1/s1. The van der Waals surface area contributed by atoms with Crippen molar-refractivity contribution >= 4 is 17.4 Å². The number of rotatable bonds is 2. The molecule has 0 N–H and O–H groups in total.